The fourth-order valence-corrected chi connectivity index (χ4v) is 3.33. The number of allylic oxidation sites excluding steroid dienone is 3. The molecule has 0 bridgehead atoms. The summed E-state index contributed by atoms with van der Waals surface area (Å²) in [5.74, 6) is 0.701. The largest absolute Gasteiger partial charge is 0.513 e. The molecule has 1 N–H and O–H groups in total. The molecular weight excluding hydrogens is 398 g/mol. The molecule has 0 spiro atoms. The van der Waals surface area contributed by atoms with Gasteiger partial charge in [0, 0.05) is 17.8 Å². The second kappa shape index (κ2) is 9.11. The topological polar surface area (TPSA) is 95.7 Å². The number of aromatic nitrogens is 2. The monoisotopic (exact) mass is 419 g/mol. The van der Waals surface area contributed by atoms with Crippen LogP contribution >= 0.6 is 11.6 Å². The molecule has 0 aliphatic carbocycles. The third kappa shape index (κ3) is 4.78. The van der Waals surface area contributed by atoms with Gasteiger partial charge in [-0.3, -0.25) is 0 Å². The quantitative estimate of drug-likeness (QED) is 0.550. The molecule has 0 radical (unpaired) electrons. The second-order valence-corrected chi connectivity index (χ2v) is 6.92. The van der Waals surface area contributed by atoms with E-state index in [2.05, 4.69) is 15.5 Å². The predicted octanol–water partition coefficient (Wildman–Crippen LogP) is 4.18. The minimum Gasteiger partial charge on any atom is -0.432 e. The molecule has 1 aliphatic rings. The molecule has 154 valence electrons. The number of rotatable bonds is 6. The number of carbonyl (C=O) groups excluding carboxylic acids is 1. The molecule has 3 rings (SSSR count). The maximum absolute atomic E-state index is 12.2. The zero-order valence-electron chi connectivity index (χ0n) is 16.6. The minimum absolute atomic E-state index is 0.0848. The first kappa shape index (κ1) is 20.9. The van der Waals surface area contributed by atoms with E-state index in [0.717, 1.165) is 11.3 Å². The summed E-state index contributed by atoms with van der Waals surface area (Å²) in [5, 5.41) is 7.66. The maximum Gasteiger partial charge on any atom is 0.513 e. The Morgan fingerprint density at radius 2 is 2.03 bits per heavy atom. The van der Waals surface area contributed by atoms with Crippen LogP contribution < -0.4 is 5.32 Å². The minimum atomic E-state index is -0.828. The number of ether oxygens (including phenoxy) is 3. The molecule has 1 aliphatic heterocycles. The number of benzene rings is 1. The Balaban J connectivity index is 2.03. The maximum atomic E-state index is 12.2. The van der Waals surface area contributed by atoms with Crippen LogP contribution in [0.2, 0.25) is 5.02 Å². The van der Waals surface area contributed by atoms with E-state index in [0.29, 0.717) is 33.8 Å². The van der Waals surface area contributed by atoms with Crippen LogP contribution in [0.1, 0.15) is 37.0 Å². The van der Waals surface area contributed by atoms with E-state index < -0.39 is 12.1 Å². The summed E-state index contributed by atoms with van der Waals surface area (Å²) in [4.78, 5) is 16.6. The Labute approximate surface area is 173 Å². The third-order valence-corrected chi connectivity index (χ3v) is 4.58. The van der Waals surface area contributed by atoms with Crippen LogP contribution in [0.4, 0.5) is 4.79 Å². The van der Waals surface area contributed by atoms with Gasteiger partial charge in [-0.2, -0.15) is 4.98 Å². The second-order valence-electron chi connectivity index (χ2n) is 6.48. The lowest BCUT2D eigenvalue weighted by Crippen LogP contribution is -2.27. The Morgan fingerprint density at radius 3 is 2.69 bits per heavy atom. The van der Waals surface area contributed by atoms with Crippen molar-refractivity contribution in [1.82, 2.24) is 15.5 Å². The summed E-state index contributed by atoms with van der Waals surface area (Å²) in [5.41, 5.74) is 2.97. The predicted molar refractivity (Wildman–Crippen MR) is 106 cm³/mol. The van der Waals surface area contributed by atoms with E-state index in [1.165, 1.54) is 7.11 Å². The van der Waals surface area contributed by atoms with Crippen LogP contribution in [0.3, 0.4) is 0 Å². The fourth-order valence-electron chi connectivity index (χ4n) is 3.13. The van der Waals surface area contributed by atoms with E-state index >= 15 is 0 Å². The lowest BCUT2D eigenvalue weighted by molar-refractivity contribution is 0.0503. The van der Waals surface area contributed by atoms with Gasteiger partial charge >= 0.3 is 6.16 Å². The van der Waals surface area contributed by atoms with Crippen molar-refractivity contribution in [1.29, 1.82) is 0 Å². The number of aryl methyl sites for hydroxylation is 1. The van der Waals surface area contributed by atoms with E-state index in [-0.39, 0.29) is 13.2 Å². The summed E-state index contributed by atoms with van der Waals surface area (Å²) < 4.78 is 21.0. The van der Waals surface area contributed by atoms with Crippen molar-refractivity contribution in [3.05, 3.63) is 63.7 Å². The Kier molecular flexibility index (Phi) is 6.56. The summed E-state index contributed by atoms with van der Waals surface area (Å²) in [6.07, 6.45) is -0.828. The Morgan fingerprint density at radius 1 is 1.24 bits per heavy atom. The SMILES string of the molecule is COCCOC(=O)OC1=C(C)NC(C)=C(c2nc(C)no2)C1c1cccc(Cl)c1. The smallest absolute Gasteiger partial charge is 0.432 e. The summed E-state index contributed by atoms with van der Waals surface area (Å²) in [6, 6.07) is 7.30. The van der Waals surface area contributed by atoms with Crippen LogP contribution in [0.25, 0.3) is 5.57 Å². The standard InChI is InChI=1S/C20H22ClN3O5/c1-11-16(19-23-13(3)24-29-19)17(14-6-5-7-15(21)10-14)18(12(2)22-11)28-20(25)27-9-8-26-4/h5-7,10,17,22H,8-9H2,1-4H3. The highest BCUT2D eigenvalue weighted by Gasteiger charge is 2.36. The van der Waals surface area contributed by atoms with Crippen LogP contribution in [-0.4, -0.2) is 36.6 Å². The third-order valence-electron chi connectivity index (χ3n) is 4.34. The fraction of sp³-hybridized carbons (Fsp3) is 0.350. The summed E-state index contributed by atoms with van der Waals surface area (Å²) >= 11 is 6.23. The van der Waals surface area contributed by atoms with Gasteiger partial charge in [0.15, 0.2) is 5.82 Å². The number of nitrogens with zero attached hydrogens (tertiary/aromatic N) is 2. The van der Waals surface area contributed by atoms with Crippen molar-refractivity contribution in [3.8, 4) is 0 Å². The van der Waals surface area contributed by atoms with Crippen LogP contribution in [-0.2, 0) is 14.2 Å². The van der Waals surface area contributed by atoms with Crippen molar-refractivity contribution in [3.63, 3.8) is 0 Å². The normalized spacial score (nSPS) is 16.7. The van der Waals surface area contributed by atoms with Gasteiger partial charge in [-0.1, -0.05) is 28.9 Å². The van der Waals surface area contributed by atoms with Crippen molar-refractivity contribution >= 4 is 23.3 Å². The number of halogens is 1. The van der Waals surface area contributed by atoms with Crippen LogP contribution in [0.15, 0.2) is 45.9 Å². The molecule has 8 nitrogen and oxygen atoms in total. The molecule has 29 heavy (non-hydrogen) atoms. The van der Waals surface area contributed by atoms with Crippen LogP contribution in [0.5, 0.6) is 0 Å². The van der Waals surface area contributed by atoms with Crippen molar-refractivity contribution in [2.45, 2.75) is 26.7 Å². The molecule has 1 atom stereocenters. The Bertz CT molecular complexity index is 967. The highest BCUT2D eigenvalue weighted by atomic mass is 35.5. The molecule has 2 aromatic rings. The highest BCUT2D eigenvalue weighted by molar-refractivity contribution is 6.30. The van der Waals surface area contributed by atoms with Gasteiger partial charge in [-0.25, -0.2) is 4.79 Å². The van der Waals surface area contributed by atoms with Gasteiger partial charge in [-0.05, 0) is 38.5 Å². The Hall–Kier alpha value is -2.84. The first-order valence-corrected chi connectivity index (χ1v) is 9.36. The lowest BCUT2D eigenvalue weighted by Gasteiger charge is -2.30. The number of carbonyl (C=O) groups is 1. The van der Waals surface area contributed by atoms with Gasteiger partial charge in [0.25, 0.3) is 5.89 Å². The molecule has 1 aromatic carbocycles. The van der Waals surface area contributed by atoms with Crippen molar-refractivity contribution in [2.75, 3.05) is 20.3 Å². The van der Waals surface area contributed by atoms with Gasteiger partial charge in [0.05, 0.1) is 23.8 Å². The average molecular weight is 420 g/mol. The van der Waals surface area contributed by atoms with Gasteiger partial charge < -0.3 is 24.1 Å². The number of hydrogen-bond donors (Lipinski definition) is 1. The number of hydrogen-bond acceptors (Lipinski definition) is 8. The van der Waals surface area contributed by atoms with Crippen molar-refractivity contribution in [2.24, 2.45) is 0 Å². The molecule has 0 saturated carbocycles. The molecule has 0 fully saturated rings. The number of methoxy groups -OCH3 is 1. The number of dihydropyridines is 1. The van der Waals surface area contributed by atoms with Gasteiger partial charge in [-0.15, -0.1) is 0 Å². The zero-order chi connectivity index (χ0) is 21.0. The van der Waals surface area contributed by atoms with Gasteiger partial charge in [0.2, 0.25) is 0 Å². The molecule has 0 saturated heterocycles. The van der Waals surface area contributed by atoms with E-state index in [1.807, 2.05) is 26.0 Å². The molecule has 2 heterocycles. The first-order valence-electron chi connectivity index (χ1n) is 8.99. The number of nitrogens with one attached hydrogen (secondary N) is 1. The van der Waals surface area contributed by atoms with Crippen molar-refractivity contribution < 1.29 is 23.5 Å². The van der Waals surface area contributed by atoms with E-state index in [1.54, 1.807) is 19.1 Å². The highest BCUT2D eigenvalue weighted by Crippen LogP contribution is 2.43. The molecular formula is C20H22ClN3O5. The zero-order valence-corrected chi connectivity index (χ0v) is 17.4. The average Bonchev–Trinajstić information content (AvgIpc) is 3.09. The van der Waals surface area contributed by atoms with E-state index in [9.17, 15) is 4.79 Å². The van der Waals surface area contributed by atoms with E-state index in [4.69, 9.17) is 30.3 Å². The molecule has 1 unspecified atom stereocenters. The van der Waals surface area contributed by atoms with Crippen LogP contribution in [0, 0.1) is 6.92 Å². The first-order chi connectivity index (χ1) is 13.9. The summed E-state index contributed by atoms with van der Waals surface area (Å²) in [7, 11) is 1.52. The molecule has 9 heteroatoms. The molecule has 0 amide bonds. The molecule has 1 aromatic heterocycles. The summed E-state index contributed by atoms with van der Waals surface area (Å²) in [6.45, 7) is 5.80. The lowest BCUT2D eigenvalue weighted by atomic mass is 9.85. The van der Waals surface area contributed by atoms with Gasteiger partial charge in [0.1, 0.15) is 12.4 Å².